The number of alkyl halides is 3. The lowest BCUT2D eigenvalue weighted by Gasteiger charge is -2.33. The van der Waals surface area contributed by atoms with E-state index in [0.717, 1.165) is 62.7 Å². The van der Waals surface area contributed by atoms with Crippen LogP contribution in [-0.2, 0) is 6.18 Å². The van der Waals surface area contributed by atoms with Gasteiger partial charge in [0.2, 0.25) is 0 Å². The lowest BCUT2D eigenvalue weighted by molar-refractivity contribution is -0.141. The number of anilines is 1. The first kappa shape index (κ1) is 18.0. The molecule has 4 rings (SSSR count). The van der Waals surface area contributed by atoms with Gasteiger partial charge in [-0.1, -0.05) is 0 Å². The third-order valence-corrected chi connectivity index (χ3v) is 4.95. The minimum atomic E-state index is -4.46. The minimum Gasteiger partial charge on any atom is -0.493 e. The SMILES string of the molecule is FC(F)(F)c1cc(OCC2CCCN(c3ccnc(C4CC4)n3)C2)ccn1. The van der Waals surface area contributed by atoms with Crippen LogP contribution in [0, 0.1) is 5.92 Å². The summed E-state index contributed by atoms with van der Waals surface area (Å²) in [6.45, 7) is 2.07. The summed E-state index contributed by atoms with van der Waals surface area (Å²) in [7, 11) is 0. The van der Waals surface area contributed by atoms with E-state index in [1.165, 1.54) is 6.07 Å². The highest BCUT2D eigenvalue weighted by Gasteiger charge is 2.33. The maximum Gasteiger partial charge on any atom is 0.433 e. The molecule has 0 bridgehead atoms. The lowest BCUT2D eigenvalue weighted by atomic mass is 9.99. The van der Waals surface area contributed by atoms with E-state index >= 15 is 0 Å². The van der Waals surface area contributed by atoms with Gasteiger partial charge in [0.05, 0.1) is 6.61 Å². The molecule has 2 fully saturated rings. The molecule has 1 saturated carbocycles. The average Bonchev–Trinajstić information content (AvgIpc) is 3.52. The monoisotopic (exact) mass is 378 g/mol. The maximum absolute atomic E-state index is 12.8. The Labute approximate surface area is 155 Å². The van der Waals surface area contributed by atoms with Crippen molar-refractivity contribution in [1.82, 2.24) is 15.0 Å². The standard InChI is InChI=1S/C19H21F3N4O/c20-19(21,22)16-10-15(5-7-23-16)27-12-13-2-1-9-26(11-13)17-6-8-24-18(25-17)14-3-4-14/h5-8,10,13-14H,1-4,9,11-12H2. The molecule has 3 heterocycles. The molecule has 1 atom stereocenters. The Morgan fingerprint density at radius 3 is 2.70 bits per heavy atom. The van der Waals surface area contributed by atoms with Crippen molar-refractivity contribution in [3.8, 4) is 5.75 Å². The molecular formula is C19H21F3N4O. The summed E-state index contributed by atoms with van der Waals surface area (Å²) in [6.07, 6.45) is 2.78. The van der Waals surface area contributed by atoms with Crippen LogP contribution in [0.2, 0.25) is 0 Å². The van der Waals surface area contributed by atoms with Gasteiger partial charge in [0.1, 0.15) is 23.1 Å². The average molecular weight is 378 g/mol. The van der Waals surface area contributed by atoms with Crippen molar-refractivity contribution in [1.29, 1.82) is 0 Å². The molecule has 1 unspecified atom stereocenters. The molecule has 1 aliphatic carbocycles. The van der Waals surface area contributed by atoms with Crippen LogP contribution in [0.4, 0.5) is 19.0 Å². The van der Waals surface area contributed by atoms with Gasteiger partial charge in [-0.2, -0.15) is 13.2 Å². The molecule has 2 aromatic heterocycles. The van der Waals surface area contributed by atoms with Crippen LogP contribution >= 0.6 is 0 Å². The number of pyridine rings is 1. The summed E-state index contributed by atoms with van der Waals surface area (Å²) in [5.74, 6) is 2.79. The summed E-state index contributed by atoms with van der Waals surface area (Å²) >= 11 is 0. The first-order chi connectivity index (χ1) is 13.0. The van der Waals surface area contributed by atoms with Crippen LogP contribution in [0.15, 0.2) is 30.6 Å². The molecule has 0 amide bonds. The van der Waals surface area contributed by atoms with Gasteiger partial charge in [0, 0.05) is 43.4 Å². The van der Waals surface area contributed by atoms with Crippen LogP contribution in [0.3, 0.4) is 0 Å². The number of ether oxygens (including phenoxy) is 1. The number of hydrogen-bond acceptors (Lipinski definition) is 5. The van der Waals surface area contributed by atoms with Crippen molar-refractivity contribution in [2.24, 2.45) is 5.92 Å². The van der Waals surface area contributed by atoms with Gasteiger partial charge in [-0.15, -0.1) is 0 Å². The smallest absolute Gasteiger partial charge is 0.433 e. The fourth-order valence-electron chi connectivity index (χ4n) is 3.36. The first-order valence-corrected chi connectivity index (χ1v) is 9.23. The molecule has 2 aliphatic rings. The van der Waals surface area contributed by atoms with E-state index in [-0.39, 0.29) is 11.7 Å². The predicted octanol–water partition coefficient (Wildman–Crippen LogP) is 4.06. The number of rotatable bonds is 5. The van der Waals surface area contributed by atoms with Crippen molar-refractivity contribution in [2.75, 3.05) is 24.6 Å². The molecule has 0 N–H and O–H groups in total. The summed E-state index contributed by atoms with van der Waals surface area (Å²) in [5, 5.41) is 0. The van der Waals surface area contributed by atoms with Gasteiger partial charge in [-0.05, 0) is 37.8 Å². The van der Waals surface area contributed by atoms with E-state index in [0.29, 0.717) is 12.5 Å². The van der Waals surface area contributed by atoms with Gasteiger partial charge < -0.3 is 9.64 Å². The zero-order chi connectivity index (χ0) is 18.9. The molecule has 144 valence electrons. The Balaban J connectivity index is 1.37. The van der Waals surface area contributed by atoms with Crippen molar-refractivity contribution in [2.45, 2.75) is 37.8 Å². The second-order valence-electron chi connectivity index (χ2n) is 7.19. The van der Waals surface area contributed by atoms with E-state index in [2.05, 4.69) is 14.9 Å². The number of piperidine rings is 1. The third kappa shape index (κ3) is 4.48. The molecular weight excluding hydrogens is 357 g/mol. The van der Waals surface area contributed by atoms with Gasteiger partial charge in [0.15, 0.2) is 0 Å². The highest BCUT2D eigenvalue weighted by Crippen LogP contribution is 2.38. The third-order valence-electron chi connectivity index (χ3n) is 4.95. The topological polar surface area (TPSA) is 51.1 Å². The summed E-state index contributed by atoms with van der Waals surface area (Å²) < 4.78 is 43.9. The molecule has 0 radical (unpaired) electrons. The maximum atomic E-state index is 12.8. The van der Waals surface area contributed by atoms with Crippen molar-refractivity contribution in [3.63, 3.8) is 0 Å². The number of hydrogen-bond donors (Lipinski definition) is 0. The van der Waals surface area contributed by atoms with Crippen LogP contribution < -0.4 is 9.64 Å². The fraction of sp³-hybridized carbons (Fsp3) is 0.526. The van der Waals surface area contributed by atoms with Crippen LogP contribution in [0.5, 0.6) is 5.75 Å². The Hall–Kier alpha value is -2.38. The van der Waals surface area contributed by atoms with Gasteiger partial charge >= 0.3 is 6.18 Å². The van der Waals surface area contributed by atoms with E-state index in [9.17, 15) is 13.2 Å². The molecule has 2 aromatic rings. The second kappa shape index (κ2) is 7.32. The molecule has 27 heavy (non-hydrogen) atoms. The van der Waals surface area contributed by atoms with Crippen molar-refractivity contribution < 1.29 is 17.9 Å². The number of nitrogens with zero attached hydrogens (tertiary/aromatic N) is 4. The van der Waals surface area contributed by atoms with Crippen LogP contribution in [0.1, 0.15) is 43.1 Å². The van der Waals surface area contributed by atoms with Crippen LogP contribution in [0.25, 0.3) is 0 Å². The summed E-state index contributed by atoms with van der Waals surface area (Å²) in [6, 6.07) is 4.34. The molecule has 5 nitrogen and oxygen atoms in total. The highest BCUT2D eigenvalue weighted by molar-refractivity contribution is 5.38. The van der Waals surface area contributed by atoms with Gasteiger partial charge in [-0.25, -0.2) is 9.97 Å². The number of halogens is 3. The summed E-state index contributed by atoms with van der Waals surface area (Å²) in [5.41, 5.74) is -0.932. The van der Waals surface area contributed by atoms with Gasteiger partial charge in [0.25, 0.3) is 0 Å². The Morgan fingerprint density at radius 1 is 1.11 bits per heavy atom. The molecule has 1 saturated heterocycles. The second-order valence-corrected chi connectivity index (χ2v) is 7.19. The van der Waals surface area contributed by atoms with E-state index in [4.69, 9.17) is 9.72 Å². The molecule has 1 aliphatic heterocycles. The van der Waals surface area contributed by atoms with Crippen LogP contribution in [-0.4, -0.2) is 34.6 Å². The fourth-order valence-corrected chi connectivity index (χ4v) is 3.36. The van der Waals surface area contributed by atoms with E-state index < -0.39 is 11.9 Å². The highest BCUT2D eigenvalue weighted by atomic mass is 19.4. The Bertz CT molecular complexity index is 795. The van der Waals surface area contributed by atoms with Crippen molar-refractivity contribution >= 4 is 5.82 Å². The largest absolute Gasteiger partial charge is 0.493 e. The zero-order valence-electron chi connectivity index (χ0n) is 14.8. The molecule has 8 heteroatoms. The minimum absolute atomic E-state index is 0.201. The predicted molar refractivity (Wildman–Crippen MR) is 93.7 cm³/mol. The molecule has 0 spiro atoms. The first-order valence-electron chi connectivity index (χ1n) is 9.23. The van der Waals surface area contributed by atoms with Crippen molar-refractivity contribution in [3.05, 3.63) is 42.1 Å². The Kier molecular flexibility index (Phi) is 4.88. The van der Waals surface area contributed by atoms with E-state index in [1.807, 2.05) is 12.3 Å². The van der Waals surface area contributed by atoms with E-state index in [1.54, 1.807) is 0 Å². The van der Waals surface area contributed by atoms with Gasteiger partial charge in [-0.3, -0.25) is 4.98 Å². The summed E-state index contributed by atoms with van der Waals surface area (Å²) in [4.78, 5) is 14.6. The quantitative estimate of drug-likeness (QED) is 0.785. The Morgan fingerprint density at radius 2 is 1.93 bits per heavy atom. The molecule has 0 aromatic carbocycles. The normalized spacial score (nSPS) is 20.6. The number of aromatic nitrogens is 3. The zero-order valence-corrected chi connectivity index (χ0v) is 14.8. The lowest BCUT2D eigenvalue weighted by Crippen LogP contribution is -2.38.